The Hall–Kier alpha value is -5.00. The van der Waals surface area contributed by atoms with E-state index in [1.807, 2.05) is 74.6 Å². The van der Waals surface area contributed by atoms with Crippen molar-refractivity contribution in [3.63, 3.8) is 0 Å². The molecule has 0 saturated carbocycles. The fourth-order valence-electron chi connectivity index (χ4n) is 6.66. The minimum atomic E-state index is -2.43. The molecule has 8 rings (SSSR count). The molecular formula is C51H51IrN3OSi-2. The van der Waals surface area contributed by atoms with E-state index in [1.54, 1.807) is 38.2 Å². The Labute approximate surface area is 365 Å². The van der Waals surface area contributed by atoms with Gasteiger partial charge in [0.25, 0.3) is 0 Å². The molecule has 0 amide bonds. The van der Waals surface area contributed by atoms with Gasteiger partial charge < -0.3 is 19.4 Å². The van der Waals surface area contributed by atoms with Gasteiger partial charge in [-0.25, -0.2) is 0 Å². The molecule has 0 atom stereocenters. The van der Waals surface area contributed by atoms with Crippen molar-refractivity contribution < 1.29 is 36.9 Å². The first-order chi connectivity index (χ1) is 30.3. The third-order valence-electron chi connectivity index (χ3n) is 9.60. The standard InChI is InChI=1S/C27H23N2O.C24H28NSi.Ir/c1-16(2)20-9-10-21-23-14-28-15-24(27(23)30-26(21)11-20)25-12-22(18(4)13-29-25)19-7-5-17(3)6-8-19;1-18(2)14-22-16-23(25-17-24(22)26(3,4)5)21-13-9-12-20(15-21)19-10-7-6-8-11-19;/h5-14,16H,1-4H3;6-12,15-18H,14H2,1-5H3;/q2*-1;/i3D3,4D3,16D;14D2;. The first-order valence-electron chi connectivity index (χ1n) is 23.3. The van der Waals surface area contributed by atoms with Crippen molar-refractivity contribution in [1.29, 1.82) is 0 Å². The van der Waals surface area contributed by atoms with Gasteiger partial charge >= 0.3 is 0 Å². The predicted octanol–water partition coefficient (Wildman–Crippen LogP) is 13.2. The van der Waals surface area contributed by atoms with E-state index in [1.165, 1.54) is 18.3 Å². The van der Waals surface area contributed by atoms with Gasteiger partial charge in [-0.05, 0) is 100 Å². The van der Waals surface area contributed by atoms with Crippen molar-refractivity contribution in [2.45, 2.75) is 73.3 Å². The van der Waals surface area contributed by atoms with Crippen LogP contribution in [-0.4, -0.2) is 23.0 Å². The van der Waals surface area contributed by atoms with Gasteiger partial charge in [-0.2, -0.15) is 0 Å². The number of hydrogen-bond donors (Lipinski definition) is 0. The van der Waals surface area contributed by atoms with Crippen LogP contribution in [0.3, 0.4) is 0 Å². The molecular weight excluding hydrogens is 891 g/mol. The number of nitrogens with zero attached hydrogens (tertiary/aromatic N) is 3. The summed E-state index contributed by atoms with van der Waals surface area (Å²) in [5.74, 6) is -0.908. The van der Waals surface area contributed by atoms with Crippen molar-refractivity contribution in [1.82, 2.24) is 15.0 Å². The molecule has 0 bridgehead atoms. The Morgan fingerprint density at radius 1 is 0.772 bits per heavy atom. The number of hydrogen-bond acceptors (Lipinski definition) is 4. The van der Waals surface area contributed by atoms with E-state index in [-0.39, 0.29) is 37.2 Å². The third-order valence-corrected chi connectivity index (χ3v) is 11.6. The van der Waals surface area contributed by atoms with Gasteiger partial charge in [-0.15, -0.1) is 35.4 Å². The topological polar surface area (TPSA) is 51.8 Å². The van der Waals surface area contributed by atoms with E-state index in [2.05, 4.69) is 60.1 Å². The first-order valence-corrected chi connectivity index (χ1v) is 22.3. The minimum absolute atomic E-state index is 0. The Kier molecular flexibility index (Phi) is 9.61. The smallest absolute Gasteiger partial charge is 0.121 e. The minimum Gasteiger partial charge on any atom is -0.500 e. The summed E-state index contributed by atoms with van der Waals surface area (Å²) >= 11 is 0. The van der Waals surface area contributed by atoms with E-state index < -0.39 is 34.0 Å². The Morgan fingerprint density at radius 2 is 1.54 bits per heavy atom. The zero-order valence-electron chi connectivity index (χ0n) is 42.2. The van der Waals surface area contributed by atoms with Crippen LogP contribution in [0.1, 0.15) is 68.2 Å². The fourth-order valence-corrected chi connectivity index (χ4v) is 8.07. The largest absolute Gasteiger partial charge is 0.500 e. The van der Waals surface area contributed by atoms with Gasteiger partial charge in [0.15, 0.2) is 0 Å². The maximum Gasteiger partial charge on any atom is 0.121 e. The summed E-state index contributed by atoms with van der Waals surface area (Å²) < 4.78 is 78.8. The summed E-state index contributed by atoms with van der Waals surface area (Å²) in [6, 6.07) is 35.0. The number of benzene rings is 4. The molecule has 57 heavy (non-hydrogen) atoms. The van der Waals surface area contributed by atoms with Crippen LogP contribution in [0.4, 0.5) is 0 Å². The second-order valence-electron chi connectivity index (χ2n) is 15.5. The van der Waals surface area contributed by atoms with Crippen molar-refractivity contribution >= 4 is 35.2 Å². The number of fused-ring (bicyclic) bond motifs is 3. The maximum absolute atomic E-state index is 8.73. The monoisotopic (exact) mass is 951 g/mol. The van der Waals surface area contributed by atoms with E-state index in [9.17, 15) is 0 Å². The number of pyridine rings is 3. The zero-order chi connectivity index (χ0) is 47.3. The normalized spacial score (nSPS) is 14.7. The Bertz CT molecular complexity index is 2990. The average Bonchev–Trinajstić information content (AvgIpc) is 3.64. The molecule has 0 unspecified atom stereocenters. The van der Waals surface area contributed by atoms with E-state index in [0.29, 0.717) is 33.6 Å². The van der Waals surface area contributed by atoms with Crippen LogP contribution in [-0.2, 0) is 26.5 Å². The van der Waals surface area contributed by atoms with Gasteiger partial charge in [0.05, 0.1) is 13.7 Å². The Balaban J connectivity index is 0.000000223. The molecule has 4 heterocycles. The van der Waals surface area contributed by atoms with Gasteiger partial charge in [0.1, 0.15) is 5.58 Å². The molecule has 0 aliphatic rings. The summed E-state index contributed by atoms with van der Waals surface area (Å²) in [5.41, 5.74) is 8.68. The van der Waals surface area contributed by atoms with Gasteiger partial charge in [-0.1, -0.05) is 143 Å². The number of furan rings is 1. The molecule has 1 radical (unpaired) electrons. The van der Waals surface area contributed by atoms with Gasteiger partial charge in [0, 0.05) is 50.2 Å². The summed E-state index contributed by atoms with van der Waals surface area (Å²) in [7, 11) is -1.73. The summed E-state index contributed by atoms with van der Waals surface area (Å²) in [6.07, 6.45) is 6.41. The van der Waals surface area contributed by atoms with Crippen molar-refractivity contribution in [2.75, 3.05) is 0 Å². The van der Waals surface area contributed by atoms with Crippen LogP contribution in [0.15, 0.2) is 126 Å². The molecule has 6 heteroatoms. The number of aromatic nitrogens is 3. The van der Waals surface area contributed by atoms with Crippen molar-refractivity contribution in [2.24, 2.45) is 5.92 Å². The van der Waals surface area contributed by atoms with Crippen LogP contribution in [0.25, 0.3) is 66.7 Å². The fraction of sp³-hybridized carbons (Fsp3) is 0.235. The third kappa shape index (κ3) is 9.42. The van der Waals surface area contributed by atoms with Crippen molar-refractivity contribution in [3.8, 4) is 44.8 Å². The first kappa shape index (κ1) is 31.0. The molecule has 4 aromatic heterocycles. The molecule has 0 aliphatic heterocycles. The van der Waals surface area contributed by atoms with Crippen LogP contribution in [0, 0.1) is 31.9 Å². The van der Waals surface area contributed by atoms with Gasteiger partial charge in [-0.3, -0.25) is 0 Å². The van der Waals surface area contributed by atoms with Crippen LogP contribution in [0.5, 0.6) is 0 Å². The molecule has 4 nitrogen and oxygen atoms in total. The summed E-state index contributed by atoms with van der Waals surface area (Å²) in [5, 5.41) is 2.68. The quantitative estimate of drug-likeness (QED) is 0.112. The number of aryl methyl sites for hydroxylation is 2. The van der Waals surface area contributed by atoms with Gasteiger partial charge in [0.2, 0.25) is 0 Å². The van der Waals surface area contributed by atoms with Crippen LogP contribution in [0.2, 0.25) is 19.6 Å². The van der Waals surface area contributed by atoms with E-state index in [0.717, 1.165) is 49.5 Å². The van der Waals surface area contributed by atoms with Crippen molar-refractivity contribution in [3.05, 3.63) is 156 Å². The maximum atomic E-state index is 8.73. The Morgan fingerprint density at radius 3 is 2.25 bits per heavy atom. The molecule has 0 spiro atoms. The van der Waals surface area contributed by atoms with Crippen LogP contribution < -0.4 is 5.19 Å². The molecule has 291 valence electrons. The zero-order valence-corrected chi connectivity index (χ0v) is 36.6. The predicted molar refractivity (Wildman–Crippen MR) is 238 cm³/mol. The van der Waals surface area contributed by atoms with Crippen LogP contribution >= 0.6 is 0 Å². The average molecular weight is 951 g/mol. The number of rotatable bonds is 8. The molecule has 8 aromatic rings. The molecule has 0 N–H and O–H groups in total. The SMILES string of the molecule is [2H]C([2H])([2H])c1ccc(-c2cc(-c3[c-]ncc4c3oc3cc(C([2H])(C)C)ccc34)ncc2C([2H])([2H])[2H])cc1.[2H]C([2H])(c1cc(-c2[c-]ccc(-c3ccccc3)c2)ncc1[Si](C)(C)C)C(C)C.[Ir]. The second kappa shape index (κ2) is 17.6. The van der Waals surface area contributed by atoms with E-state index >= 15 is 0 Å². The molecule has 0 fully saturated rings. The van der Waals surface area contributed by atoms with E-state index in [4.69, 9.17) is 21.7 Å². The molecule has 4 aromatic carbocycles. The summed E-state index contributed by atoms with van der Waals surface area (Å²) in [6.45, 7) is 9.52. The second-order valence-corrected chi connectivity index (χ2v) is 20.6. The summed E-state index contributed by atoms with van der Waals surface area (Å²) in [4.78, 5) is 13.4. The molecule has 0 aliphatic carbocycles. The molecule has 0 saturated heterocycles.